The van der Waals surface area contributed by atoms with Crippen molar-refractivity contribution in [1.29, 1.82) is 0 Å². The van der Waals surface area contributed by atoms with Crippen molar-refractivity contribution in [2.24, 2.45) is 5.92 Å². The lowest BCUT2D eigenvalue weighted by atomic mass is 9.96. The van der Waals surface area contributed by atoms with Crippen molar-refractivity contribution in [2.75, 3.05) is 13.1 Å². The fraction of sp³-hybridized carbons (Fsp3) is 0.450. The van der Waals surface area contributed by atoms with E-state index in [1.165, 1.54) is 0 Å². The number of carbonyl (C=O) groups is 2. The molecule has 1 aliphatic heterocycles. The standard InChI is InChI=1S/C20H22N2O4/c23-19(18-16-6-1-2-7-17(16)26-21-18)22-9-8-14(12-22)10-13-4-3-5-15(11-13)20(24)25/h3-5,11,14H,1-2,6-10,12H2,(H,24,25). The Hall–Kier alpha value is -2.63. The molecule has 6 nitrogen and oxygen atoms in total. The highest BCUT2D eigenvalue weighted by Gasteiger charge is 2.32. The number of aryl methyl sites for hydroxylation is 1. The lowest BCUT2D eigenvalue weighted by Gasteiger charge is -2.17. The molecule has 1 amide bonds. The van der Waals surface area contributed by atoms with Crippen LogP contribution in [0.4, 0.5) is 0 Å². The van der Waals surface area contributed by atoms with Gasteiger partial charge in [0.15, 0.2) is 5.69 Å². The predicted molar refractivity (Wildman–Crippen MR) is 94.3 cm³/mol. The highest BCUT2D eigenvalue weighted by Crippen LogP contribution is 2.28. The van der Waals surface area contributed by atoms with E-state index in [0.29, 0.717) is 30.3 Å². The van der Waals surface area contributed by atoms with E-state index >= 15 is 0 Å². The molecule has 1 aliphatic carbocycles. The first-order valence-electron chi connectivity index (χ1n) is 9.20. The lowest BCUT2D eigenvalue weighted by molar-refractivity contribution is 0.0696. The molecule has 0 spiro atoms. The molecule has 2 heterocycles. The molecule has 6 heteroatoms. The molecule has 26 heavy (non-hydrogen) atoms. The fourth-order valence-corrected chi connectivity index (χ4v) is 4.05. The largest absolute Gasteiger partial charge is 0.478 e. The zero-order valence-electron chi connectivity index (χ0n) is 14.6. The minimum Gasteiger partial charge on any atom is -0.478 e. The summed E-state index contributed by atoms with van der Waals surface area (Å²) in [6.07, 6.45) is 5.62. The Labute approximate surface area is 151 Å². The van der Waals surface area contributed by atoms with Crippen molar-refractivity contribution in [3.8, 4) is 0 Å². The zero-order chi connectivity index (χ0) is 18.1. The SMILES string of the molecule is O=C(O)c1cccc(CC2CCN(C(=O)c3noc4c3CCCC4)C2)c1. The van der Waals surface area contributed by atoms with Gasteiger partial charge in [0.2, 0.25) is 0 Å². The Balaban J connectivity index is 1.42. The Morgan fingerprint density at radius 3 is 2.96 bits per heavy atom. The molecular weight excluding hydrogens is 332 g/mol. The summed E-state index contributed by atoms with van der Waals surface area (Å²) in [5.41, 5.74) is 2.80. The number of carboxylic acids is 1. The van der Waals surface area contributed by atoms with Crippen LogP contribution in [0.25, 0.3) is 0 Å². The van der Waals surface area contributed by atoms with E-state index < -0.39 is 5.97 Å². The van der Waals surface area contributed by atoms with E-state index in [1.807, 2.05) is 11.0 Å². The van der Waals surface area contributed by atoms with Gasteiger partial charge in [0, 0.05) is 25.1 Å². The number of nitrogens with zero attached hydrogens (tertiary/aromatic N) is 2. The molecule has 2 aromatic rings. The second kappa shape index (κ2) is 6.94. The number of hydrogen-bond acceptors (Lipinski definition) is 4. The van der Waals surface area contributed by atoms with Crippen LogP contribution in [0, 0.1) is 5.92 Å². The summed E-state index contributed by atoms with van der Waals surface area (Å²) in [7, 11) is 0. The lowest BCUT2D eigenvalue weighted by Crippen LogP contribution is -2.30. The maximum Gasteiger partial charge on any atom is 0.335 e. The van der Waals surface area contributed by atoms with Gasteiger partial charge in [-0.1, -0.05) is 17.3 Å². The molecule has 4 rings (SSSR count). The molecular formula is C20H22N2O4. The van der Waals surface area contributed by atoms with E-state index in [4.69, 9.17) is 9.63 Å². The summed E-state index contributed by atoms with van der Waals surface area (Å²) in [6, 6.07) is 7.05. The molecule has 1 fully saturated rings. The fourth-order valence-electron chi connectivity index (χ4n) is 4.05. The smallest absolute Gasteiger partial charge is 0.335 e. The maximum atomic E-state index is 12.8. The first-order valence-corrected chi connectivity index (χ1v) is 9.20. The van der Waals surface area contributed by atoms with Crippen molar-refractivity contribution < 1.29 is 19.2 Å². The summed E-state index contributed by atoms with van der Waals surface area (Å²) in [5.74, 6) is 0.274. The van der Waals surface area contributed by atoms with Crippen molar-refractivity contribution >= 4 is 11.9 Å². The Kier molecular flexibility index (Phi) is 4.49. The summed E-state index contributed by atoms with van der Waals surface area (Å²) in [5, 5.41) is 13.2. The summed E-state index contributed by atoms with van der Waals surface area (Å²) in [6.45, 7) is 1.39. The topological polar surface area (TPSA) is 83.6 Å². The normalized spacial score (nSPS) is 19.4. The third-order valence-corrected chi connectivity index (χ3v) is 5.42. The number of carbonyl (C=O) groups excluding carboxylic acids is 1. The molecule has 2 aliphatic rings. The molecule has 1 unspecified atom stereocenters. The van der Waals surface area contributed by atoms with Gasteiger partial charge in [-0.3, -0.25) is 4.79 Å². The van der Waals surface area contributed by atoms with E-state index in [0.717, 1.165) is 55.4 Å². The van der Waals surface area contributed by atoms with Crippen LogP contribution in [-0.2, 0) is 19.3 Å². The third kappa shape index (κ3) is 3.23. The molecule has 0 saturated carbocycles. The molecule has 0 bridgehead atoms. The van der Waals surface area contributed by atoms with Gasteiger partial charge in [0.1, 0.15) is 5.76 Å². The van der Waals surface area contributed by atoms with Crippen LogP contribution in [-0.4, -0.2) is 40.1 Å². The minimum absolute atomic E-state index is 0.0290. The number of aromatic carboxylic acids is 1. The summed E-state index contributed by atoms with van der Waals surface area (Å²) in [4.78, 5) is 25.8. The molecule has 1 saturated heterocycles. The van der Waals surface area contributed by atoms with E-state index in [2.05, 4.69) is 5.16 Å². The van der Waals surface area contributed by atoms with Gasteiger partial charge in [0.25, 0.3) is 5.91 Å². The van der Waals surface area contributed by atoms with Crippen LogP contribution in [0.1, 0.15) is 57.0 Å². The Morgan fingerprint density at radius 2 is 2.12 bits per heavy atom. The van der Waals surface area contributed by atoms with E-state index in [9.17, 15) is 9.59 Å². The Morgan fingerprint density at radius 1 is 1.27 bits per heavy atom. The van der Waals surface area contributed by atoms with Crippen LogP contribution < -0.4 is 0 Å². The van der Waals surface area contributed by atoms with Crippen LogP contribution >= 0.6 is 0 Å². The quantitative estimate of drug-likeness (QED) is 0.913. The van der Waals surface area contributed by atoms with Gasteiger partial charge in [0.05, 0.1) is 5.56 Å². The van der Waals surface area contributed by atoms with Crippen molar-refractivity contribution in [3.63, 3.8) is 0 Å². The van der Waals surface area contributed by atoms with Crippen LogP contribution in [0.5, 0.6) is 0 Å². The van der Waals surface area contributed by atoms with Gasteiger partial charge >= 0.3 is 5.97 Å². The highest BCUT2D eigenvalue weighted by molar-refractivity contribution is 5.94. The number of hydrogen-bond donors (Lipinski definition) is 1. The van der Waals surface area contributed by atoms with E-state index in [-0.39, 0.29) is 5.91 Å². The van der Waals surface area contributed by atoms with Crippen molar-refractivity contribution in [3.05, 3.63) is 52.4 Å². The summed E-state index contributed by atoms with van der Waals surface area (Å²) < 4.78 is 5.37. The number of aromatic nitrogens is 1. The highest BCUT2D eigenvalue weighted by atomic mass is 16.5. The minimum atomic E-state index is -0.911. The van der Waals surface area contributed by atoms with Gasteiger partial charge in [-0.2, -0.15) is 0 Å². The second-order valence-corrected chi connectivity index (χ2v) is 7.26. The first kappa shape index (κ1) is 16.8. The second-order valence-electron chi connectivity index (χ2n) is 7.26. The summed E-state index contributed by atoms with van der Waals surface area (Å²) >= 11 is 0. The molecule has 1 aromatic carbocycles. The number of benzene rings is 1. The van der Waals surface area contributed by atoms with Gasteiger partial charge in [-0.05, 0) is 55.7 Å². The molecule has 136 valence electrons. The molecule has 0 radical (unpaired) electrons. The number of rotatable bonds is 4. The average Bonchev–Trinajstić information content (AvgIpc) is 3.28. The van der Waals surface area contributed by atoms with Crippen LogP contribution in [0.15, 0.2) is 28.8 Å². The number of fused-ring (bicyclic) bond motifs is 1. The van der Waals surface area contributed by atoms with Gasteiger partial charge in [-0.15, -0.1) is 0 Å². The third-order valence-electron chi connectivity index (χ3n) is 5.42. The van der Waals surface area contributed by atoms with Gasteiger partial charge < -0.3 is 14.5 Å². The molecule has 1 N–H and O–H groups in total. The average molecular weight is 354 g/mol. The van der Waals surface area contributed by atoms with Crippen LogP contribution in [0.3, 0.4) is 0 Å². The molecule has 1 aromatic heterocycles. The van der Waals surface area contributed by atoms with E-state index in [1.54, 1.807) is 18.2 Å². The number of carboxylic acid groups (broad SMARTS) is 1. The number of likely N-dealkylation sites (tertiary alicyclic amines) is 1. The monoisotopic (exact) mass is 354 g/mol. The zero-order valence-corrected chi connectivity index (χ0v) is 14.6. The first-order chi connectivity index (χ1) is 12.6. The van der Waals surface area contributed by atoms with Gasteiger partial charge in [-0.25, -0.2) is 4.79 Å². The van der Waals surface area contributed by atoms with Crippen LogP contribution in [0.2, 0.25) is 0 Å². The van der Waals surface area contributed by atoms with Crippen molar-refractivity contribution in [1.82, 2.24) is 10.1 Å². The Bertz CT molecular complexity index is 842. The predicted octanol–water partition coefficient (Wildman–Crippen LogP) is 2.96. The van der Waals surface area contributed by atoms with Crippen molar-refractivity contribution in [2.45, 2.75) is 38.5 Å². The maximum absolute atomic E-state index is 12.8. The molecule has 1 atom stereocenters. The number of amides is 1.